The Morgan fingerprint density at radius 3 is 2.37 bits per heavy atom. The molecule has 2 rings (SSSR count). The van der Waals surface area contributed by atoms with Gasteiger partial charge in [0, 0.05) is 11.6 Å². The largest absolute Gasteiger partial charge is 0.493 e. The molecule has 0 saturated carbocycles. The maximum Gasteiger partial charge on any atom is 0.387 e. The third-order valence-electron chi connectivity index (χ3n) is 3.49. The number of hydrogen-bond donors (Lipinski definition) is 1. The molecule has 0 atom stereocenters. The van der Waals surface area contributed by atoms with Gasteiger partial charge in [-0.3, -0.25) is 19.7 Å². The van der Waals surface area contributed by atoms with E-state index in [-0.39, 0.29) is 22.8 Å². The molecule has 0 saturated heterocycles. The molecule has 1 amide bonds. The van der Waals surface area contributed by atoms with Gasteiger partial charge in [0.2, 0.25) is 0 Å². The normalized spacial score (nSPS) is 10.4. The standard InChI is InChI=1S/C17H14F2N2O6/c1-9(22)10-5-3-4-6-12(10)20-16(23)11-7-14(26-2)15(27-17(18)19)8-13(11)21(24)25/h3-8,17H,1-2H3,(H,20,23). The number of amides is 1. The lowest BCUT2D eigenvalue weighted by Gasteiger charge is -2.13. The van der Waals surface area contributed by atoms with Crippen molar-refractivity contribution in [2.45, 2.75) is 13.5 Å². The fourth-order valence-corrected chi connectivity index (χ4v) is 2.32. The van der Waals surface area contributed by atoms with Crippen molar-refractivity contribution in [3.05, 3.63) is 57.6 Å². The van der Waals surface area contributed by atoms with Gasteiger partial charge < -0.3 is 14.8 Å². The van der Waals surface area contributed by atoms with Gasteiger partial charge in [0.05, 0.1) is 23.8 Å². The van der Waals surface area contributed by atoms with Crippen molar-refractivity contribution in [3.63, 3.8) is 0 Å². The minimum atomic E-state index is -3.24. The summed E-state index contributed by atoms with van der Waals surface area (Å²) >= 11 is 0. The van der Waals surface area contributed by atoms with E-state index in [1.165, 1.54) is 19.1 Å². The Bertz CT molecular complexity index is 901. The molecule has 2 aromatic carbocycles. The number of methoxy groups -OCH3 is 1. The highest BCUT2D eigenvalue weighted by molar-refractivity contribution is 6.11. The average Bonchev–Trinajstić information content (AvgIpc) is 2.60. The lowest BCUT2D eigenvalue weighted by Crippen LogP contribution is -2.16. The smallest absolute Gasteiger partial charge is 0.387 e. The van der Waals surface area contributed by atoms with Gasteiger partial charge in [0.1, 0.15) is 5.56 Å². The van der Waals surface area contributed by atoms with Crippen LogP contribution in [0.15, 0.2) is 36.4 Å². The number of anilines is 1. The van der Waals surface area contributed by atoms with Crippen molar-refractivity contribution in [1.82, 2.24) is 0 Å². The molecular formula is C17H14F2N2O6. The van der Waals surface area contributed by atoms with E-state index in [0.29, 0.717) is 6.07 Å². The molecule has 0 unspecified atom stereocenters. The number of carbonyl (C=O) groups excluding carboxylic acids is 2. The molecule has 0 fully saturated rings. The summed E-state index contributed by atoms with van der Waals surface area (Å²) in [7, 11) is 1.13. The molecule has 10 heteroatoms. The SMILES string of the molecule is COc1cc(C(=O)Nc2ccccc2C(C)=O)c([N+](=O)[O-])cc1OC(F)F. The number of hydrogen-bond acceptors (Lipinski definition) is 6. The van der Waals surface area contributed by atoms with E-state index in [0.717, 1.165) is 13.2 Å². The number of carbonyl (C=O) groups is 2. The molecular weight excluding hydrogens is 366 g/mol. The molecule has 0 bridgehead atoms. The van der Waals surface area contributed by atoms with Gasteiger partial charge in [-0.2, -0.15) is 8.78 Å². The molecule has 0 radical (unpaired) electrons. The number of alkyl halides is 2. The van der Waals surface area contributed by atoms with Crippen LogP contribution in [0.1, 0.15) is 27.6 Å². The van der Waals surface area contributed by atoms with Crippen molar-refractivity contribution in [3.8, 4) is 11.5 Å². The third kappa shape index (κ3) is 4.54. The van der Waals surface area contributed by atoms with Gasteiger partial charge in [0.25, 0.3) is 11.6 Å². The number of ether oxygens (including phenoxy) is 2. The summed E-state index contributed by atoms with van der Waals surface area (Å²) in [5, 5.41) is 13.7. The lowest BCUT2D eigenvalue weighted by molar-refractivity contribution is -0.385. The molecule has 2 aromatic rings. The fourth-order valence-electron chi connectivity index (χ4n) is 2.32. The number of nitro groups is 1. The Morgan fingerprint density at radius 2 is 1.81 bits per heavy atom. The summed E-state index contributed by atoms with van der Waals surface area (Å²) in [6.45, 7) is -1.94. The zero-order valence-electron chi connectivity index (χ0n) is 14.2. The molecule has 0 aliphatic rings. The second-order valence-corrected chi connectivity index (χ2v) is 5.21. The molecule has 0 heterocycles. The number of Topliss-reactive ketones (excluding diaryl/α,β-unsaturated/α-hetero) is 1. The molecule has 0 spiro atoms. The highest BCUT2D eigenvalue weighted by Gasteiger charge is 2.26. The van der Waals surface area contributed by atoms with Crippen molar-refractivity contribution >= 4 is 23.1 Å². The van der Waals surface area contributed by atoms with E-state index in [1.807, 2.05) is 0 Å². The molecule has 0 aliphatic carbocycles. The van der Waals surface area contributed by atoms with Crippen LogP contribution in [0.25, 0.3) is 0 Å². The number of benzene rings is 2. The van der Waals surface area contributed by atoms with E-state index in [9.17, 15) is 28.5 Å². The van der Waals surface area contributed by atoms with Crippen LogP contribution in [-0.4, -0.2) is 30.3 Å². The number of nitro benzene ring substituents is 1. The maximum absolute atomic E-state index is 12.5. The topological polar surface area (TPSA) is 108 Å². The summed E-state index contributed by atoms with van der Waals surface area (Å²) in [5.74, 6) is -2.11. The summed E-state index contributed by atoms with van der Waals surface area (Å²) in [4.78, 5) is 34.6. The Morgan fingerprint density at radius 1 is 1.15 bits per heavy atom. The van der Waals surface area contributed by atoms with Crippen LogP contribution < -0.4 is 14.8 Å². The molecule has 142 valence electrons. The molecule has 27 heavy (non-hydrogen) atoms. The Labute approximate surface area is 151 Å². The highest BCUT2D eigenvalue weighted by Crippen LogP contribution is 2.36. The fraction of sp³-hybridized carbons (Fsp3) is 0.176. The van der Waals surface area contributed by atoms with Gasteiger partial charge in [0.15, 0.2) is 17.3 Å². The van der Waals surface area contributed by atoms with Crippen LogP contribution in [0.3, 0.4) is 0 Å². The van der Waals surface area contributed by atoms with Gasteiger partial charge in [-0.25, -0.2) is 0 Å². The number of halogens is 2. The molecule has 0 aromatic heterocycles. The number of para-hydroxylation sites is 1. The molecule has 8 nitrogen and oxygen atoms in total. The van der Waals surface area contributed by atoms with E-state index in [4.69, 9.17) is 4.74 Å². The summed E-state index contributed by atoms with van der Waals surface area (Å²) in [5.41, 5.74) is -0.852. The predicted octanol–water partition coefficient (Wildman–Crippen LogP) is 3.66. The zero-order chi connectivity index (χ0) is 20.1. The maximum atomic E-state index is 12.5. The first-order chi connectivity index (χ1) is 12.7. The van der Waals surface area contributed by atoms with Crippen LogP contribution in [0.5, 0.6) is 11.5 Å². The highest BCUT2D eigenvalue weighted by atomic mass is 19.3. The monoisotopic (exact) mass is 380 g/mol. The molecule has 0 aliphatic heterocycles. The van der Waals surface area contributed by atoms with Crippen LogP contribution >= 0.6 is 0 Å². The van der Waals surface area contributed by atoms with Crippen molar-refractivity contribution in [2.24, 2.45) is 0 Å². The zero-order valence-corrected chi connectivity index (χ0v) is 14.2. The van der Waals surface area contributed by atoms with Crippen LogP contribution in [0.2, 0.25) is 0 Å². The first-order valence-corrected chi connectivity index (χ1v) is 7.47. The Kier molecular flexibility index (Phi) is 6.01. The molecule has 1 N–H and O–H groups in total. The van der Waals surface area contributed by atoms with Gasteiger partial charge in [-0.15, -0.1) is 0 Å². The van der Waals surface area contributed by atoms with E-state index < -0.39 is 34.4 Å². The van der Waals surface area contributed by atoms with Crippen molar-refractivity contribution < 1.29 is 32.8 Å². The predicted molar refractivity (Wildman–Crippen MR) is 90.7 cm³/mol. The van der Waals surface area contributed by atoms with E-state index >= 15 is 0 Å². The minimum Gasteiger partial charge on any atom is -0.493 e. The van der Waals surface area contributed by atoms with Crippen molar-refractivity contribution in [1.29, 1.82) is 0 Å². The summed E-state index contributed by atoms with van der Waals surface area (Å²) < 4.78 is 34.0. The number of rotatable bonds is 7. The number of nitrogens with one attached hydrogen (secondary N) is 1. The van der Waals surface area contributed by atoms with Gasteiger partial charge >= 0.3 is 6.61 Å². The first-order valence-electron chi connectivity index (χ1n) is 7.47. The number of ketones is 1. The van der Waals surface area contributed by atoms with E-state index in [2.05, 4.69) is 10.1 Å². The quantitative estimate of drug-likeness (QED) is 0.446. The third-order valence-corrected chi connectivity index (χ3v) is 3.49. The second-order valence-electron chi connectivity index (χ2n) is 5.21. The van der Waals surface area contributed by atoms with Gasteiger partial charge in [-0.05, 0) is 19.1 Å². The van der Waals surface area contributed by atoms with Crippen LogP contribution in [0, 0.1) is 10.1 Å². The first kappa shape index (κ1) is 19.8. The summed E-state index contributed by atoms with van der Waals surface area (Å²) in [6, 6.07) is 7.68. The average molecular weight is 380 g/mol. The Balaban J connectivity index is 2.49. The number of nitrogens with zero attached hydrogens (tertiary/aromatic N) is 1. The van der Waals surface area contributed by atoms with Crippen LogP contribution in [-0.2, 0) is 0 Å². The van der Waals surface area contributed by atoms with Crippen molar-refractivity contribution in [2.75, 3.05) is 12.4 Å². The van der Waals surface area contributed by atoms with Gasteiger partial charge in [-0.1, -0.05) is 12.1 Å². The second kappa shape index (κ2) is 8.21. The lowest BCUT2D eigenvalue weighted by atomic mass is 10.1. The summed E-state index contributed by atoms with van der Waals surface area (Å²) in [6.07, 6.45) is 0. The Hall–Kier alpha value is -3.56. The van der Waals surface area contributed by atoms with E-state index in [1.54, 1.807) is 12.1 Å². The van der Waals surface area contributed by atoms with Crippen LogP contribution in [0.4, 0.5) is 20.2 Å². The minimum absolute atomic E-state index is 0.149.